The zero-order valence-corrected chi connectivity index (χ0v) is 15.3. The Kier molecular flexibility index (Phi) is 5.78. The molecule has 8 heteroatoms. The Bertz CT molecular complexity index is 724. The van der Waals surface area contributed by atoms with Crippen molar-refractivity contribution in [3.05, 3.63) is 59.7 Å². The van der Waals surface area contributed by atoms with Crippen molar-refractivity contribution in [1.29, 1.82) is 0 Å². The SMILES string of the molecule is CCOC(=O)c1ccc(P(O)(O)(O)c2ccc(C(=O)OCC)cc2)cc1. The average Bonchev–Trinajstić information content (AvgIpc) is 2.62. The molecule has 26 heavy (non-hydrogen) atoms. The van der Waals surface area contributed by atoms with E-state index in [1.54, 1.807) is 13.8 Å². The first-order valence-corrected chi connectivity index (χ1v) is 10.1. The van der Waals surface area contributed by atoms with Gasteiger partial charge in [-0.25, -0.2) is 0 Å². The monoisotopic (exact) mass is 380 g/mol. The second-order valence-corrected chi connectivity index (χ2v) is 8.51. The molecular weight excluding hydrogens is 359 g/mol. The van der Waals surface area contributed by atoms with Gasteiger partial charge in [-0.15, -0.1) is 0 Å². The first kappa shape index (κ1) is 20.0. The van der Waals surface area contributed by atoms with Crippen LogP contribution in [0.1, 0.15) is 34.6 Å². The summed E-state index contributed by atoms with van der Waals surface area (Å²) in [6.07, 6.45) is 0. The van der Waals surface area contributed by atoms with Gasteiger partial charge in [-0.3, -0.25) is 0 Å². The van der Waals surface area contributed by atoms with Crippen molar-refractivity contribution in [2.45, 2.75) is 13.8 Å². The first-order valence-electron chi connectivity index (χ1n) is 8.00. The van der Waals surface area contributed by atoms with Gasteiger partial charge in [0, 0.05) is 0 Å². The molecule has 0 spiro atoms. The van der Waals surface area contributed by atoms with Crippen molar-refractivity contribution in [2.24, 2.45) is 0 Å². The Hall–Kier alpha value is -2.31. The van der Waals surface area contributed by atoms with E-state index in [-0.39, 0.29) is 34.9 Å². The van der Waals surface area contributed by atoms with E-state index in [4.69, 9.17) is 9.47 Å². The number of carbonyl (C=O) groups excluding carboxylic acids is 2. The van der Waals surface area contributed by atoms with Crippen LogP contribution in [0.25, 0.3) is 0 Å². The zero-order valence-electron chi connectivity index (χ0n) is 14.5. The third kappa shape index (κ3) is 4.08. The zero-order chi connectivity index (χ0) is 19.4. The molecule has 0 fully saturated rings. The quantitative estimate of drug-likeness (QED) is 0.511. The standard InChI is InChI=1S/C18H21O7P/c1-3-24-17(19)13-5-9-15(10-6-13)26(21,22,23)16-11-7-14(8-12-16)18(20)25-4-2/h5-12,21-23H,3-4H2,1-2H3. The van der Waals surface area contributed by atoms with Crippen LogP contribution in [0.4, 0.5) is 0 Å². The molecule has 0 atom stereocenters. The van der Waals surface area contributed by atoms with Gasteiger partial charge in [-0.1, -0.05) is 0 Å². The van der Waals surface area contributed by atoms with Crippen molar-refractivity contribution in [3.8, 4) is 0 Å². The molecule has 0 unspecified atom stereocenters. The molecule has 2 aromatic rings. The predicted octanol–water partition coefficient (Wildman–Crippen LogP) is 1.27. The molecule has 0 heterocycles. The van der Waals surface area contributed by atoms with E-state index in [0.29, 0.717) is 0 Å². The molecular formula is C18H21O7P. The minimum absolute atomic E-state index is 0.145. The maximum absolute atomic E-state index is 11.7. The van der Waals surface area contributed by atoms with Crippen LogP contribution in [0.5, 0.6) is 0 Å². The summed E-state index contributed by atoms with van der Waals surface area (Å²) >= 11 is 0. The molecule has 0 aromatic heterocycles. The fourth-order valence-corrected chi connectivity index (χ4v) is 4.02. The summed E-state index contributed by atoms with van der Waals surface area (Å²) < 4.78 is 9.72. The minimum atomic E-state index is -5.40. The molecule has 0 saturated heterocycles. The van der Waals surface area contributed by atoms with Gasteiger partial charge in [-0.05, 0) is 0 Å². The number of hydrogen-bond donors (Lipinski definition) is 3. The molecule has 2 rings (SSSR count). The van der Waals surface area contributed by atoms with Crippen molar-refractivity contribution in [2.75, 3.05) is 13.2 Å². The summed E-state index contributed by atoms with van der Waals surface area (Å²) in [4.78, 5) is 55.1. The van der Waals surface area contributed by atoms with Crippen LogP contribution in [0, 0.1) is 0 Å². The Balaban J connectivity index is 2.34. The first-order chi connectivity index (χ1) is 12.2. The topological polar surface area (TPSA) is 113 Å². The van der Waals surface area contributed by atoms with Gasteiger partial charge in [0.15, 0.2) is 0 Å². The number of esters is 2. The van der Waals surface area contributed by atoms with E-state index < -0.39 is 19.2 Å². The molecule has 3 N–H and O–H groups in total. The summed E-state index contributed by atoms with van der Waals surface area (Å²) in [5.74, 6) is -1.10. The molecule has 140 valence electrons. The van der Waals surface area contributed by atoms with Crippen LogP contribution in [0.3, 0.4) is 0 Å². The van der Waals surface area contributed by atoms with Gasteiger partial charge >= 0.3 is 150 Å². The summed E-state index contributed by atoms with van der Waals surface area (Å²) in [6.45, 7) is 3.78. The normalized spacial score (nSPS) is 12.7. The summed E-state index contributed by atoms with van der Waals surface area (Å²) in [6, 6.07) is 10.4. The molecule has 0 saturated carbocycles. The summed E-state index contributed by atoms with van der Waals surface area (Å²) in [7, 11) is -5.40. The predicted molar refractivity (Wildman–Crippen MR) is 97.6 cm³/mol. The number of hydrogen-bond acceptors (Lipinski definition) is 7. The third-order valence-corrected chi connectivity index (χ3v) is 6.21. The number of rotatable bonds is 6. The second-order valence-electron chi connectivity index (χ2n) is 5.51. The van der Waals surface area contributed by atoms with Crippen LogP contribution >= 0.6 is 7.28 Å². The van der Waals surface area contributed by atoms with Gasteiger partial charge in [0.1, 0.15) is 0 Å². The summed E-state index contributed by atoms with van der Waals surface area (Å²) in [5.41, 5.74) is 0.445. The molecule has 0 amide bonds. The molecule has 0 aliphatic rings. The van der Waals surface area contributed by atoms with Crippen molar-refractivity contribution < 1.29 is 33.7 Å². The van der Waals surface area contributed by atoms with Crippen LogP contribution in [-0.2, 0) is 9.47 Å². The maximum atomic E-state index is 11.7. The van der Waals surface area contributed by atoms with Crippen LogP contribution < -0.4 is 10.6 Å². The molecule has 0 aliphatic heterocycles. The van der Waals surface area contributed by atoms with E-state index in [1.807, 2.05) is 0 Å². The number of benzene rings is 2. The van der Waals surface area contributed by atoms with Crippen molar-refractivity contribution in [3.63, 3.8) is 0 Å². The molecule has 0 radical (unpaired) electrons. The Morgan fingerprint density at radius 1 is 0.731 bits per heavy atom. The molecule has 7 nitrogen and oxygen atoms in total. The summed E-state index contributed by atoms with van der Waals surface area (Å²) in [5, 5.41) is -0.291. The Labute approximate surface area is 151 Å². The fraction of sp³-hybridized carbons (Fsp3) is 0.222. The van der Waals surface area contributed by atoms with Crippen molar-refractivity contribution in [1.82, 2.24) is 0 Å². The average molecular weight is 380 g/mol. The molecule has 0 bridgehead atoms. The van der Waals surface area contributed by atoms with Crippen LogP contribution in [-0.4, -0.2) is 39.8 Å². The Morgan fingerprint density at radius 3 is 1.31 bits per heavy atom. The van der Waals surface area contributed by atoms with Gasteiger partial charge < -0.3 is 0 Å². The fourth-order valence-electron chi connectivity index (χ4n) is 2.32. The second kappa shape index (κ2) is 7.51. The van der Waals surface area contributed by atoms with E-state index in [9.17, 15) is 24.3 Å². The van der Waals surface area contributed by atoms with Gasteiger partial charge in [0.25, 0.3) is 0 Å². The van der Waals surface area contributed by atoms with Gasteiger partial charge in [0.2, 0.25) is 0 Å². The van der Waals surface area contributed by atoms with Gasteiger partial charge in [-0.2, -0.15) is 0 Å². The number of carbonyl (C=O) groups is 2. The molecule has 0 aliphatic carbocycles. The van der Waals surface area contributed by atoms with Crippen molar-refractivity contribution >= 4 is 29.8 Å². The third-order valence-electron chi connectivity index (χ3n) is 3.71. The van der Waals surface area contributed by atoms with E-state index in [2.05, 4.69) is 0 Å². The van der Waals surface area contributed by atoms with Crippen LogP contribution in [0.15, 0.2) is 48.5 Å². The van der Waals surface area contributed by atoms with E-state index >= 15 is 0 Å². The Morgan fingerprint density at radius 2 is 1.04 bits per heavy atom. The van der Waals surface area contributed by atoms with Crippen LogP contribution in [0.2, 0.25) is 0 Å². The van der Waals surface area contributed by atoms with E-state index in [1.165, 1.54) is 48.5 Å². The van der Waals surface area contributed by atoms with Gasteiger partial charge in [0.05, 0.1) is 0 Å². The number of ether oxygens (including phenoxy) is 2. The van der Waals surface area contributed by atoms with E-state index in [0.717, 1.165) is 0 Å². The molecule has 2 aromatic carbocycles.